The summed E-state index contributed by atoms with van der Waals surface area (Å²) in [7, 11) is 0. The first-order chi connectivity index (χ1) is 9.34. The molecule has 2 heterocycles. The summed E-state index contributed by atoms with van der Waals surface area (Å²) in [6.07, 6.45) is 6.00. The monoisotopic (exact) mass is 257 g/mol. The summed E-state index contributed by atoms with van der Waals surface area (Å²) in [6.45, 7) is 1.65. The molecule has 0 spiro atoms. The van der Waals surface area contributed by atoms with Crippen molar-refractivity contribution in [2.45, 2.75) is 18.9 Å². The van der Waals surface area contributed by atoms with Gasteiger partial charge in [0, 0.05) is 31.0 Å². The van der Waals surface area contributed by atoms with Gasteiger partial charge in [0.2, 0.25) is 0 Å². The zero-order valence-corrected chi connectivity index (χ0v) is 10.9. The van der Waals surface area contributed by atoms with Gasteiger partial charge in [-0.15, -0.1) is 0 Å². The van der Waals surface area contributed by atoms with E-state index in [1.54, 1.807) is 0 Å². The van der Waals surface area contributed by atoms with E-state index in [4.69, 9.17) is 10.5 Å². The zero-order valence-electron chi connectivity index (χ0n) is 10.9. The van der Waals surface area contributed by atoms with Gasteiger partial charge in [0.25, 0.3) is 0 Å². The van der Waals surface area contributed by atoms with E-state index in [-0.39, 0.29) is 6.04 Å². The van der Waals surface area contributed by atoms with Crippen LogP contribution in [0.5, 0.6) is 0 Å². The predicted octanol–water partition coefficient (Wildman–Crippen LogP) is 2.30. The molecular formula is C15H19N3O. The van der Waals surface area contributed by atoms with Crippen LogP contribution in [-0.2, 0) is 4.74 Å². The highest BCUT2D eigenvalue weighted by Crippen LogP contribution is 2.28. The molecule has 0 unspecified atom stereocenters. The number of nitrogens with two attached hydrogens (primary N) is 1. The van der Waals surface area contributed by atoms with Gasteiger partial charge in [-0.05, 0) is 30.9 Å². The minimum absolute atomic E-state index is 0.0568. The lowest BCUT2D eigenvalue weighted by Crippen LogP contribution is -2.27. The molecule has 1 atom stereocenters. The maximum atomic E-state index is 6.35. The lowest BCUT2D eigenvalue weighted by atomic mass is 9.89. The summed E-state index contributed by atoms with van der Waals surface area (Å²) in [5.41, 5.74) is 8.52. The fourth-order valence-electron chi connectivity index (χ4n) is 2.58. The molecule has 2 aromatic rings. The van der Waals surface area contributed by atoms with Crippen LogP contribution < -0.4 is 5.73 Å². The molecule has 2 N–H and O–H groups in total. The Balaban J connectivity index is 1.77. The zero-order chi connectivity index (χ0) is 13.1. The molecule has 1 aliphatic heterocycles. The fraction of sp³-hybridized carbons (Fsp3) is 0.400. The lowest BCUT2D eigenvalue weighted by molar-refractivity contribution is 0.0584. The molecule has 0 aliphatic carbocycles. The summed E-state index contributed by atoms with van der Waals surface area (Å²) < 4.78 is 7.27. The Morgan fingerprint density at radius 2 is 1.95 bits per heavy atom. The van der Waals surface area contributed by atoms with Gasteiger partial charge in [0.1, 0.15) is 0 Å². The van der Waals surface area contributed by atoms with Gasteiger partial charge in [-0.1, -0.05) is 18.2 Å². The van der Waals surface area contributed by atoms with Crippen LogP contribution in [-0.4, -0.2) is 23.0 Å². The molecule has 1 aromatic carbocycles. The largest absolute Gasteiger partial charge is 0.381 e. The van der Waals surface area contributed by atoms with Crippen molar-refractivity contribution in [2.75, 3.05) is 13.2 Å². The number of ether oxygens (including phenoxy) is 1. The van der Waals surface area contributed by atoms with Crippen molar-refractivity contribution in [3.63, 3.8) is 0 Å². The maximum Gasteiger partial charge on any atom is 0.0645 e. The molecule has 1 aliphatic rings. The number of hydrogen-bond donors (Lipinski definition) is 1. The molecular weight excluding hydrogens is 238 g/mol. The number of para-hydroxylation sites is 1. The van der Waals surface area contributed by atoms with Crippen molar-refractivity contribution in [2.24, 2.45) is 11.7 Å². The third-order valence-electron chi connectivity index (χ3n) is 3.78. The third kappa shape index (κ3) is 2.69. The van der Waals surface area contributed by atoms with Gasteiger partial charge in [0.05, 0.1) is 11.9 Å². The van der Waals surface area contributed by atoms with E-state index in [1.807, 2.05) is 47.4 Å². The van der Waals surface area contributed by atoms with Gasteiger partial charge < -0.3 is 10.5 Å². The van der Waals surface area contributed by atoms with Crippen LogP contribution in [0.25, 0.3) is 5.69 Å². The maximum absolute atomic E-state index is 6.35. The minimum Gasteiger partial charge on any atom is -0.381 e. The number of hydrogen-bond acceptors (Lipinski definition) is 3. The van der Waals surface area contributed by atoms with E-state index < -0.39 is 0 Å². The summed E-state index contributed by atoms with van der Waals surface area (Å²) in [4.78, 5) is 0. The second-order valence-corrected chi connectivity index (χ2v) is 5.03. The van der Waals surface area contributed by atoms with Crippen molar-refractivity contribution in [1.29, 1.82) is 0 Å². The van der Waals surface area contributed by atoms with Crippen LogP contribution in [0.3, 0.4) is 0 Å². The average Bonchev–Trinajstić information content (AvgIpc) is 2.98. The summed E-state index contributed by atoms with van der Waals surface area (Å²) in [6, 6.07) is 10.2. The standard InChI is InChI=1S/C15H19N3O/c16-15(12-6-8-19-9-7-12)13-10-17-18(11-13)14-4-2-1-3-5-14/h1-5,10-12,15H,6-9,16H2/t15-/m1/s1. The quantitative estimate of drug-likeness (QED) is 0.918. The predicted molar refractivity (Wildman–Crippen MR) is 74.0 cm³/mol. The topological polar surface area (TPSA) is 53.1 Å². The number of aromatic nitrogens is 2. The second kappa shape index (κ2) is 5.55. The van der Waals surface area contributed by atoms with E-state index in [0.717, 1.165) is 37.3 Å². The Labute approximate surface area is 113 Å². The van der Waals surface area contributed by atoms with Gasteiger partial charge in [0.15, 0.2) is 0 Å². The summed E-state index contributed by atoms with van der Waals surface area (Å²) in [5.74, 6) is 0.502. The Hall–Kier alpha value is -1.65. The van der Waals surface area contributed by atoms with E-state index >= 15 is 0 Å². The Morgan fingerprint density at radius 3 is 2.68 bits per heavy atom. The molecule has 0 amide bonds. The Kier molecular flexibility index (Phi) is 3.62. The van der Waals surface area contributed by atoms with Gasteiger partial charge in [-0.25, -0.2) is 4.68 Å². The van der Waals surface area contributed by atoms with Crippen LogP contribution in [0.4, 0.5) is 0 Å². The van der Waals surface area contributed by atoms with Crippen LogP contribution >= 0.6 is 0 Å². The SMILES string of the molecule is N[C@@H](c1cnn(-c2ccccc2)c1)C1CCOCC1. The van der Waals surface area contributed by atoms with Crippen LogP contribution in [0.15, 0.2) is 42.7 Å². The highest BCUT2D eigenvalue weighted by atomic mass is 16.5. The van der Waals surface area contributed by atoms with Gasteiger partial charge >= 0.3 is 0 Å². The molecule has 3 rings (SSSR count). The molecule has 1 saturated heterocycles. The third-order valence-corrected chi connectivity index (χ3v) is 3.78. The van der Waals surface area contributed by atoms with Crippen molar-refractivity contribution in [3.05, 3.63) is 48.3 Å². The van der Waals surface area contributed by atoms with E-state index in [1.165, 1.54) is 0 Å². The highest BCUT2D eigenvalue weighted by molar-refractivity contribution is 5.31. The fourth-order valence-corrected chi connectivity index (χ4v) is 2.58. The lowest BCUT2D eigenvalue weighted by Gasteiger charge is -2.26. The highest BCUT2D eigenvalue weighted by Gasteiger charge is 2.23. The van der Waals surface area contributed by atoms with Crippen LogP contribution in [0, 0.1) is 5.92 Å². The first kappa shape index (κ1) is 12.4. The minimum atomic E-state index is 0.0568. The van der Waals surface area contributed by atoms with Crippen molar-refractivity contribution in [3.8, 4) is 5.69 Å². The van der Waals surface area contributed by atoms with Gasteiger partial charge in [-0.3, -0.25) is 0 Å². The Morgan fingerprint density at radius 1 is 1.21 bits per heavy atom. The van der Waals surface area contributed by atoms with Crippen molar-refractivity contribution < 1.29 is 4.74 Å². The van der Waals surface area contributed by atoms with Crippen LogP contribution in [0.1, 0.15) is 24.4 Å². The smallest absolute Gasteiger partial charge is 0.0645 e. The first-order valence-electron chi connectivity index (χ1n) is 6.78. The Bertz CT molecular complexity index is 517. The van der Waals surface area contributed by atoms with Crippen LogP contribution in [0.2, 0.25) is 0 Å². The molecule has 100 valence electrons. The summed E-state index contributed by atoms with van der Waals surface area (Å²) >= 11 is 0. The molecule has 19 heavy (non-hydrogen) atoms. The van der Waals surface area contributed by atoms with Crippen molar-refractivity contribution >= 4 is 0 Å². The molecule has 4 nitrogen and oxygen atoms in total. The van der Waals surface area contributed by atoms with E-state index in [2.05, 4.69) is 5.10 Å². The molecule has 1 fully saturated rings. The first-order valence-corrected chi connectivity index (χ1v) is 6.78. The van der Waals surface area contributed by atoms with Crippen molar-refractivity contribution in [1.82, 2.24) is 9.78 Å². The number of benzene rings is 1. The number of rotatable bonds is 3. The molecule has 0 radical (unpaired) electrons. The van der Waals surface area contributed by atoms with Gasteiger partial charge in [-0.2, -0.15) is 5.10 Å². The normalized spacial score (nSPS) is 18.4. The average molecular weight is 257 g/mol. The summed E-state index contributed by atoms with van der Waals surface area (Å²) in [5, 5.41) is 4.41. The molecule has 0 bridgehead atoms. The molecule has 4 heteroatoms. The van der Waals surface area contributed by atoms with E-state index in [9.17, 15) is 0 Å². The molecule has 0 saturated carbocycles. The van der Waals surface area contributed by atoms with E-state index in [0.29, 0.717) is 5.92 Å². The number of nitrogens with zero attached hydrogens (tertiary/aromatic N) is 2. The second-order valence-electron chi connectivity index (χ2n) is 5.03. The molecule has 1 aromatic heterocycles.